The number of carbonyl (C=O) groups is 1. The highest BCUT2D eigenvalue weighted by molar-refractivity contribution is 7.16. The lowest BCUT2D eigenvalue weighted by Crippen LogP contribution is -2.35. The van der Waals surface area contributed by atoms with Gasteiger partial charge in [0.2, 0.25) is 0 Å². The fourth-order valence-electron chi connectivity index (χ4n) is 2.53. The lowest BCUT2D eigenvalue weighted by Gasteiger charge is -2.26. The monoisotopic (exact) mass is 438 g/mol. The van der Waals surface area contributed by atoms with Crippen LogP contribution in [0.15, 0.2) is 59.1 Å². The molecule has 0 N–H and O–H groups in total. The van der Waals surface area contributed by atoms with Crippen molar-refractivity contribution in [3.05, 3.63) is 69.4 Å². The van der Waals surface area contributed by atoms with Gasteiger partial charge in [0.1, 0.15) is 0 Å². The Balaban J connectivity index is 0.00000218. The first kappa shape index (κ1) is 25.6. The average molecular weight is 439 g/mol. The molecule has 0 radical (unpaired) electrons. The molecule has 30 heavy (non-hydrogen) atoms. The predicted molar refractivity (Wildman–Crippen MR) is 119 cm³/mol. The second-order valence-electron chi connectivity index (χ2n) is 6.61. The molecule has 1 amide bonds. The fourth-order valence-corrected chi connectivity index (χ4v) is 3.50. The molecule has 1 aromatic carbocycles. The number of halogens is 3. The van der Waals surface area contributed by atoms with Gasteiger partial charge in [-0.1, -0.05) is 44.2 Å². The van der Waals surface area contributed by atoms with Gasteiger partial charge < -0.3 is 4.90 Å². The molecule has 0 aliphatic carbocycles. The lowest BCUT2D eigenvalue weighted by atomic mass is 10.1. The molecule has 164 valence electrons. The first-order valence-electron chi connectivity index (χ1n) is 9.81. The third-order valence-electron chi connectivity index (χ3n) is 4.19. The highest BCUT2D eigenvalue weighted by Crippen LogP contribution is 2.27. The molecule has 0 aliphatic heterocycles. The van der Waals surface area contributed by atoms with Crippen molar-refractivity contribution in [2.45, 2.75) is 53.4 Å². The molecule has 0 aliphatic rings. The maximum atomic E-state index is 13.0. The van der Waals surface area contributed by atoms with Crippen LogP contribution in [0.5, 0.6) is 0 Å². The van der Waals surface area contributed by atoms with Crippen LogP contribution >= 0.6 is 11.3 Å². The van der Waals surface area contributed by atoms with Crippen molar-refractivity contribution in [2.75, 3.05) is 7.05 Å². The van der Waals surface area contributed by atoms with Gasteiger partial charge in [-0.3, -0.25) is 9.79 Å². The molecule has 1 aromatic heterocycles. The van der Waals surface area contributed by atoms with Crippen molar-refractivity contribution in [1.82, 2.24) is 4.90 Å². The van der Waals surface area contributed by atoms with Gasteiger partial charge in [0.25, 0.3) is 5.91 Å². The Bertz CT molecular complexity index is 868. The van der Waals surface area contributed by atoms with E-state index in [0.717, 1.165) is 29.9 Å². The van der Waals surface area contributed by atoms with E-state index in [-0.39, 0.29) is 17.7 Å². The molecule has 2 aromatic rings. The van der Waals surface area contributed by atoms with Crippen LogP contribution < -0.4 is 0 Å². The van der Waals surface area contributed by atoms with E-state index in [2.05, 4.69) is 4.99 Å². The second kappa shape index (κ2) is 11.7. The van der Waals surface area contributed by atoms with E-state index in [0.29, 0.717) is 16.3 Å². The maximum Gasteiger partial charge on any atom is 0.412 e. The van der Waals surface area contributed by atoms with Crippen molar-refractivity contribution in [2.24, 2.45) is 4.99 Å². The van der Waals surface area contributed by atoms with Gasteiger partial charge in [0.15, 0.2) is 0 Å². The number of amides is 1. The summed E-state index contributed by atoms with van der Waals surface area (Å²) in [5.74, 6) is -0.151. The molecular weight excluding hydrogens is 409 g/mol. The number of nitrogens with zero attached hydrogens (tertiary/aromatic N) is 2. The van der Waals surface area contributed by atoms with E-state index in [4.69, 9.17) is 0 Å². The van der Waals surface area contributed by atoms with Crippen LogP contribution in [0.25, 0.3) is 0 Å². The minimum atomic E-state index is -4.41. The Morgan fingerprint density at radius 2 is 1.67 bits per heavy atom. The van der Waals surface area contributed by atoms with Gasteiger partial charge in [-0.05, 0) is 44.5 Å². The number of rotatable bonds is 6. The minimum absolute atomic E-state index is 0.0232. The number of thiophene rings is 1. The molecule has 1 heterocycles. The number of hydrogen-bond acceptors (Lipinski definition) is 3. The summed E-state index contributed by atoms with van der Waals surface area (Å²) in [6, 6.07) is 12.9. The van der Waals surface area contributed by atoms with Gasteiger partial charge in [-0.2, -0.15) is 13.2 Å². The number of aliphatic imine (C=N–C) groups is 1. The second-order valence-corrected chi connectivity index (χ2v) is 7.69. The van der Waals surface area contributed by atoms with Crippen LogP contribution in [0.2, 0.25) is 0 Å². The summed E-state index contributed by atoms with van der Waals surface area (Å²) in [4.78, 5) is 19.7. The minimum Gasteiger partial charge on any atom is -0.331 e. The Hall–Kier alpha value is -2.41. The molecule has 0 atom stereocenters. The number of hydrogen-bond donors (Lipinski definition) is 0. The summed E-state index contributed by atoms with van der Waals surface area (Å²) in [5, 5.41) is 0. The molecule has 3 nitrogen and oxygen atoms in total. The Kier molecular flexibility index (Phi) is 9.99. The maximum absolute atomic E-state index is 13.0. The predicted octanol–water partition coefficient (Wildman–Crippen LogP) is 6.75. The third kappa shape index (κ3) is 7.13. The summed E-state index contributed by atoms with van der Waals surface area (Å²) in [6.45, 7) is 9.34. The van der Waals surface area contributed by atoms with Crippen LogP contribution in [0.1, 0.15) is 54.7 Å². The van der Waals surface area contributed by atoms with Crippen LogP contribution in [0, 0.1) is 0 Å². The summed E-state index contributed by atoms with van der Waals surface area (Å²) in [6.07, 6.45) is -3.40. The molecule has 0 unspecified atom stereocenters. The van der Waals surface area contributed by atoms with Gasteiger partial charge >= 0.3 is 6.18 Å². The van der Waals surface area contributed by atoms with E-state index < -0.39 is 11.7 Å². The van der Waals surface area contributed by atoms with Crippen LogP contribution in [-0.2, 0) is 6.54 Å². The van der Waals surface area contributed by atoms with Crippen LogP contribution in [-0.4, -0.2) is 35.8 Å². The van der Waals surface area contributed by atoms with Crippen molar-refractivity contribution in [1.29, 1.82) is 0 Å². The normalized spacial score (nSPS) is 12.5. The SMILES string of the molecule is CC.CN=C(/C=C(\C)C(F)(F)F)c1ccc(C(=O)N(Cc2ccccc2)C(C)C)s1. The van der Waals surface area contributed by atoms with Crippen LogP contribution in [0.4, 0.5) is 13.2 Å². The summed E-state index contributed by atoms with van der Waals surface area (Å²) in [7, 11) is 1.44. The molecule has 0 saturated carbocycles. The van der Waals surface area contributed by atoms with E-state index in [1.165, 1.54) is 7.05 Å². The zero-order valence-corrected chi connectivity index (χ0v) is 19.1. The average Bonchev–Trinajstić information content (AvgIpc) is 3.21. The Labute approximate surface area is 181 Å². The van der Waals surface area contributed by atoms with Crippen LogP contribution in [0.3, 0.4) is 0 Å². The first-order valence-corrected chi connectivity index (χ1v) is 10.6. The molecular formula is C23H29F3N2OS. The Morgan fingerprint density at radius 3 is 2.17 bits per heavy atom. The van der Waals surface area contributed by atoms with Gasteiger partial charge in [-0.25, -0.2) is 0 Å². The zero-order valence-electron chi connectivity index (χ0n) is 18.2. The lowest BCUT2D eigenvalue weighted by molar-refractivity contribution is -0.0912. The van der Waals surface area contributed by atoms with Gasteiger partial charge in [0.05, 0.1) is 15.5 Å². The quantitative estimate of drug-likeness (QED) is 0.459. The van der Waals surface area contributed by atoms with E-state index >= 15 is 0 Å². The molecule has 0 saturated heterocycles. The molecule has 0 bridgehead atoms. The topological polar surface area (TPSA) is 32.7 Å². The first-order chi connectivity index (χ1) is 14.1. The van der Waals surface area contributed by atoms with E-state index in [9.17, 15) is 18.0 Å². The molecule has 7 heteroatoms. The zero-order chi connectivity index (χ0) is 22.9. The van der Waals surface area contributed by atoms with Gasteiger partial charge in [0, 0.05) is 25.2 Å². The highest BCUT2D eigenvalue weighted by Gasteiger charge is 2.30. The van der Waals surface area contributed by atoms with Crippen molar-refractivity contribution >= 4 is 23.0 Å². The fraction of sp³-hybridized carbons (Fsp3) is 0.391. The third-order valence-corrected chi connectivity index (χ3v) is 5.29. The van der Waals surface area contributed by atoms with Crippen molar-refractivity contribution in [3.63, 3.8) is 0 Å². The summed E-state index contributed by atoms with van der Waals surface area (Å²) < 4.78 is 38.4. The standard InChI is InChI=1S/C21H23F3N2OS.C2H6/c1-14(2)26(13-16-8-6-5-7-9-16)20(27)19-11-10-18(28-19)17(25-4)12-15(3)21(22,23)24;1-2/h5-12,14H,13H2,1-4H3;1-2H3/b15-12+,25-17?;. The summed E-state index contributed by atoms with van der Waals surface area (Å²) >= 11 is 1.15. The van der Waals surface area contributed by atoms with E-state index in [1.54, 1.807) is 17.0 Å². The molecule has 2 rings (SSSR count). The van der Waals surface area contributed by atoms with Crippen molar-refractivity contribution in [3.8, 4) is 0 Å². The largest absolute Gasteiger partial charge is 0.412 e. The number of alkyl halides is 3. The number of benzene rings is 1. The number of carbonyl (C=O) groups excluding carboxylic acids is 1. The summed E-state index contributed by atoms with van der Waals surface area (Å²) in [5.41, 5.74) is 0.487. The smallest absolute Gasteiger partial charge is 0.331 e. The molecule has 0 fully saturated rings. The van der Waals surface area contributed by atoms with Crippen molar-refractivity contribution < 1.29 is 18.0 Å². The van der Waals surface area contributed by atoms with E-state index in [1.807, 2.05) is 58.0 Å². The van der Waals surface area contributed by atoms with Gasteiger partial charge in [-0.15, -0.1) is 11.3 Å². The molecule has 0 spiro atoms. The Morgan fingerprint density at radius 1 is 1.10 bits per heavy atom. The number of allylic oxidation sites excluding steroid dienone is 2. The highest BCUT2D eigenvalue weighted by atomic mass is 32.1.